The van der Waals surface area contributed by atoms with Crippen LogP contribution in [0.2, 0.25) is 5.02 Å². The molecule has 0 saturated heterocycles. The van der Waals surface area contributed by atoms with Crippen LogP contribution in [-0.2, 0) is 10.0 Å². The molecule has 9 heteroatoms. The van der Waals surface area contributed by atoms with Crippen molar-refractivity contribution in [3.63, 3.8) is 0 Å². The molecule has 3 rings (SSSR count). The van der Waals surface area contributed by atoms with Gasteiger partial charge in [-0.25, -0.2) is 8.42 Å². The van der Waals surface area contributed by atoms with Crippen molar-refractivity contribution in [3.05, 3.63) is 70.9 Å². The van der Waals surface area contributed by atoms with Crippen molar-refractivity contribution in [1.29, 1.82) is 0 Å². The zero-order valence-corrected chi connectivity index (χ0v) is 15.2. The predicted molar refractivity (Wildman–Crippen MR) is 100.0 cm³/mol. The van der Waals surface area contributed by atoms with Crippen LogP contribution in [0.5, 0.6) is 0 Å². The van der Waals surface area contributed by atoms with Crippen LogP contribution in [0.15, 0.2) is 59.5 Å². The quantitative estimate of drug-likeness (QED) is 0.620. The van der Waals surface area contributed by atoms with Crippen molar-refractivity contribution in [1.82, 2.24) is 10.2 Å². The monoisotopic (exact) mass is 390 g/mol. The maximum atomic E-state index is 12.6. The molecule has 1 amide bonds. The van der Waals surface area contributed by atoms with Crippen molar-refractivity contribution in [2.24, 2.45) is 0 Å². The van der Waals surface area contributed by atoms with Gasteiger partial charge in [0.1, 0.15) is 0 Å². The molecule has 1 heterocycles. The molecule has 0 fully saturated rings. The Bertz CT molecular complexity index is 1060. The summed E-state index contributed by atoms with van der Waals surface area (Å²) in [6, 6.07) is 13.8. The number of aromatic nitrogens is 2. The highest BCUT2D eigenvalue weighted by atomic mass is 35.5. The van der Waals surface area contributed by atoms with E-state index in [2.05, 4.69) is 20.2 Å². The van der Waals surface area contributed by atoms with Crippen molar-refractivity contribution in [3.8, 4) is 0 Å². The van der Waals surface area contributed by atoms with E-state index in [-0.39, 0.29) is 21.2 Å². The van der Waals surface area contributed by atoms with Gasteiger partial charge in [0.15, 0.2) is 5.82 Å². The summed E-state index contributed by atoms with van der Waals surface area (Å²) >= 11 is 5.99. The molecule has 134 valence electrons. The Labute approximate surface area is 155 Å². The Morgan fingerprint density at radius 3 is 2.58 bits per heavy atom. The second-order valence-electron chi connectivity index (χ2n) is 5.50. The maximum absolute atomic E-state index is 12.6. The molecule has 1 aromatic heterocycles. The third-order valence-corrected chi connectivity index (χ3v) is 5.17. The van der Waals surface area contributed by atoms with Crippen LogP contribution < -0.4 is 10.0 Å². The topological polar surface area (TPSA) is 104 Å². The van der Waals surface area contributed by atoms with Gasteiger partial charge in [-0.15, -0.1) is 0 Å². The SMILES string of the molecule is Cc1cc(NC(=O)c2cccc(S(=O)(=O)Nc3ccccc3Cl)c2)n[nH]1. The number of rotatable bonds is 5. The Morgan fingerprint density at radius 1 is 1.12 bits per heavy atom. The molecule has 0 unspecified atom stereocenters. The number of nitrogens with zero attached hydrogens (tertiary/aromatic N) is 1. The maximum Gasteiger partial charge on any atom is 0.261 e. The first-order chi connectivity index (χ1) is 12.3. The highest BCUT2D eigenvalue weighted by Crippen LogP contribution is 2.24. The summed E-state index contributed by atoms with van der Waals surface area (Å²) in [5.74, 6) is -0.110. The number of sulfonamides is 1. The van der Waals surface area contributed by atoms with Gasteiger partial charge in [0, 0.05) is 17.3 Å². The van der Waals surface area contributed by atoms with E-state index < -0.39 is 15.9 Å². The largest absolute Gasteiger partial charge is 0.305 e. The molecule has 0 saturated carbocycles. The lowest BCUT2D eigenvalue weighted by Gasteiger charge is -2.10. The number of carbonyl (C=O) groups is 1. The van der Waals surface area contributed by atoms with E-state index in [1.165, 1.54) is 24.3 Å². The predicted octanol–water partition coefficient (Wildman–Crippen LogP) is 3.42. The Morgan fingerprint density at radius 2 is 1.88 bits per heavy atom. The first kappa shape index (κ1) is 18.0. The molecule has 0 radical (unpaired) electrons. The van der Waals surface area contributed by atoms with Gasteiger partial charge in [0.2, 0.25) is 0 Å². The molecule has 3 N–H and O–H groups in total. The molecule has 0 aliphatic carbocycles. The summed E-state index contributed by atoms with van der Waals surface area (Å²) in [5.41, 5.74) is 1.24. The molecular weight excluding hydrogens is 376 g/mol. The van der Waals surface area contributed by atoms with Crippen LogP contribution >= 0.6 is 11.6 Å². The molecule has 0 aliphatic heterocycles. The standard InChI is InChI=1S/C17H15ClN4O3S/c1-11-9-16(21-20-11)19-17(23)12-5-4-6-13(10-12)26(24,25)22-15-8-3-2-7-14(15)18/h2-10,22H,1H3,(H2,19,20,21,23). The zero-order chi connectivity index (χ0) is 18.7. The molecule has 0 spiro atoms. The highest BCUT2D eigenvalue weighted by molar-refractivity contribution is 7.92. The van der Waals surface area contributed by atoms with E-state index in [4.69, 9.17) is 11.6 Å². The smallest absolute Gasteiger partial charge is 0.261 e. The molecule has 0 atom stereocenters. The fourth-order valence-corrected chi connectivity index (χ4v) is 3.59. The van der Waals surface area contributed by atoms with E-state index in [9.17, 15) is 13.2 Å². The number of aryl methyl sites for hydroxylation is 1. The molecule has 0 aliphatic rings. The van der Waals surface area contributed by atoms with Crippen LogP contribution in [0.3, 0.4) is 0 Å². The lowest BCUT2D eigenvalue weighted by Crippen LogP contribution is -2.16. The molecule has 2 aromatic carbocycles. The number of carbonyl (C=O) groups excluding carboxylic acids is 1. The third kappa shape index (κ3) is 4.04. The van der Waals surface area contributed by atoms with Gasteiger partial charge in [-0.1, -0.05) is 29.8 Å². The van der Waals surface area contributed by atoms with Gasteiger partial charge in [-0.3, -0.25) is 14.6 Å². The van der Waals surface area contributed by atoms with E-state index in [0.29, 0.717) is 5.82 Å². The lowest BCUT2D eigenvalue weighted by atomic mass is 10.2. The van der Waals surface area contributed by atoms with Gasteiger partial charge < -0.3 is 5.32 Å². The molecule has 3 aromatic rings. The summed E-state index contributed by atoms with van der Waals surface area (Å²) in [4.78, 5) is 12.3. The summed E-state index contributed by atoms with van der Waals surface area (Å²) in [6.07, 6.45) is 0. The average molecular weight is 391 g/mol. The van der Waals surface area contributed by atoms with E-state index in [0.717, 1.165) is 5.69 Å². The number of H-pyrrole nitrogens is 1. The summed E-state index contributed by atoms with van der Waals surface area (Å²) in [6.45, 7) is 1.80. The van der Waals surface area contributed by atoms with Gasteiger partial charge in [0.05, 0.1) is 15.6 Å². The Hall–Kier alpha value is -2.84. The van der Waals surface area contributed by atoms with Crippen LogP contribution in [0.25, 0.3) is 0 Å². The normalized spacial score (nSPS) is 11.2. The number of nitrogens with one attached hydrogen (secondary N) is 3. The van der Waals surface area contributed by atoms with E-state index in [1.807, 2.05) is 0 Å². The number of benzene rings is 2. The minimum Gasteiger partial charge on any atom is -0.305 e. The first-order valence-electron chi connectivity index (χ1n) is 7.56. The van der Waals surface area contributed by atoms with Gasteiger partial charge >= 0.3 is 0 Å². The van der Waals surface area contributed by atoms with E-state index >= 15 is 0 Å². The molecule has 26 heavy (non-hydrogen) atoms. The van der Waals surface area contributed by atoms with Crippen LogP contribution in [0, 0.1) is 6.92 Å². The number of para-hydroxylation sites is 1. The molecule has 0 bridgehead atoms. The number of halogens is 1. The van der Waals surface area contributed by atoms with Crippen LogP contribution in [0.4, 0.5) is 11.5 Å². The van der Waals surface area contributed by atoms with Crippen molar-refractivity contribution >= 4 is 39.0 Å². The van der Waals surface area contributed by atoms with Crippen molar-refractivity contribution in [2.45, 2.75) is 11.8 Å². The average Bonchev–Trinajstić information content (AvgIpc) is 3.02. The second kappa shape index (κ2) is 7.19. The minimum atomic E-state index is -3.90. The van der Waals surface area contributed by atoms with Gasteiger partial charge in [-0.05, 0) is 37.3 Å². The summed E-state index contributed by atoms with van der Waals surface area (Å²) in [5, 5.41) is 9.50. The third-order valence-electron chi connectivity index (χ3n) is 3.47. The molecule has 7 nitrogen and oxygen atoms in total. The van der Waals surface area contributed by atoms with E-state index in [1.54, 1.807) is 37.3 Å². The van der Waals surface area contributed by atoms with Crippen LogP contribution in [-0.4, -0.2) is 24.5 Å². The number of amides is 1. The molecular formula is C17H15ClN4O3S. The zero-order valence-electron chi connectivity index (χ0n) is 13.7. The fraction of sp³-hybridized carbons (Fsp3) is 0.0588. The first-order valence-corrected chi connectivity index (χ1v) is 9.42. The van der Waals surface area contributed by atoms with Gasteiger partial charge in [0.25, 0.3) is 15.9 Å². The lowest BCUT2D eigenvalue weighted by molar-refractivity contribution is 0.102. The Balaban J connectivity index is 1.84. The van der Waals surface area contributed by atoms with Crippen LogP contribution in [0.1, 0.15) is 16.1 Å². The number of anilines is 2. The summed E-state index contributed by atoms with van der Waals surface area (Å²) < 4.78 is 27.6. The fourth-order valence-electron chi connectivity index (χ4n) is 2.22. The number of aromatic amines is 1. The van der Waals surface area contributed by atoms with Crippen molar-refractivity contribution in [2.75, 3.05) is 10.0 Å². The number of hydrogen-bond acceptors (Lipinski definition) is 4. The minimum absolute atomic E-state index is 0.0525. The second-order valence-corrected chi connectivity index (χ2v) is 7.59. The Kier molecular flexibility index (Phi) is 4.97. The van der Waals surface area contributed by atoms with Crippen molar-refractivity contribution < 1.29 is 13.2 Å². The number of hydrogen-bond donors (Lipinski definition) is 3. The highest BCUT2D eigenvalue weighted by Gasteiger charge is 2.18. The van der Waals surface area contributed by atoms with Gasteiger partial charge in [-0.2, -0.15) is 5.10 Å². The summed E-state index contributed by atoms with van der Waals surface area (Å²) in [7, 11) is -3.90.